The van der Waals surface area contributed by atoms with Crippen LogP contribution in [0.3, 0.4) is 0 Å². The van der Waals surface area contributed by atoms with Gasteiger partial charge in [0.05, 0.1) is 19.1 Å². The van der Waals surface area contributed by atoms with Gasteiger partial charge in [-0.3, -0.25) is 14.4 Å². The van der Waals surface area contributed by atoms with Gasteiger partial charge in [-0.1, -0.05) is 49.6 Å². The zero-order valence-electron chi connectivity index (χ0n) is 19.7. The Kier molecular flexibility index (Phi) is 8.38. The summed E-state index contributed by atoms with van der Waals surface area (Å²) in [4.78, 5) is 40.8. The van der Waals surface area contributed by atoms with Gasteiger partial charge < -0.3 is 24.4 Å². The normalized spacial score (nSPS) is 14.7. The van der Waals surface area contributed by atoms with Gasteiger partial charge >= 0.3 is 0 Å². The number of carbonyl (C=O) groups is 3. The average molecular weight is 478 g/mol. The van der Waals surface area contributed by atoms with Crippen LogP contribution in [0, 0.1) is 0 Å². The maximum atomic E-state index is 13.5. The number of benzene rings is 1. The van der Waals surface area contributed by atoms with Gasteiger partial charge in [0.15, 0.2) is 11.8 Å². The van der Waals surface area contributed by atoms with Crippen LogP contribution in [-0.4, -0.2) is 41.8 Å². The van der Waals surface area contributed by atoms with E-state index in [1.165, 1.54) is 29.9 Å². The molecule has 2 aromatic heterocycles. The minimum atomic E-state index is -0.941. The summed E-state index contributed by atoms with van der Waals surface area (Å²) in [5.41, 5.74) is 1.04. The Morgan fingerprint density at radius 2 is 1.66 bits per heavy atom. The first kappa shape index (κ1) is 24.3. The Bertz CT molecular complexity index is 1070. The highest BCUT2D eigenvalue weighted by Crippen LogP contribution is 2.25. The summed E-state index contributed by atoms with van der Waals surface area (Å²) < 4.78 is 10.7. The standard InChI is InChI=1S/C27H31N3O5/c31-24(19-28-26(32)23-14-8-18-35-23)30(16-15-20-9-3-1-4-10-20)25(22-13-7-17-34-22)27(33)29-21-11-5-2-6-12-21/h1,3-4,7-10,13-14,17-18,21,25H,2,5-6,11-12,15-16,19H2,(H,28,32)(H,29,33)/t25-/m0/s1. The molecule has 1 saturated carbocycles. The van der Waals surface area contributed by atoms with Crippen LogP contribution in [-0.2, 0) is 16.0 Å². The Morgan fingerprint density at radius 3 is 2.34 bits per heavy atom. The highest BCUT2D eigenvalue weighted by atomic mass is 16.3. The Hall–Kier alpha value is -3.81. The lowest BCUT2D eigenvalue weighted by Crippen LogP contribution is -2.50. The number of nitrogens with one attached hydrogen (secondary N) is 2. The van der Waals surface area contributed by atoms with E-state index < -0.39 is 11.9 Å². The first-order valence-electron chi connectivity index (χ1n) is 12.1. The Labute approximate surface area is 204 Å². The maximum absolute atomic E-state index is 13.5. The lowest BCUT2D eigenvalue weighted by Gasteiger charge is -2.32. The lowest BCUT2D eigenvalue weighted by molar-refractivity contribution is -0.141. The van der Waals surface area contributed by atoms with E-state index in [1.807, 2.05) is 30.3 Å². The molecule has 3 amide bonds. The van der Waals surface area contributed by atoms with Crippen molar-refractivity contribution >= 4 is 17.7 Å². The van der Waals surface area contributed by atoms with E-state index in [-0.39, 0.29) is 36.7 Å². The predicted octanol–water partition coefficient (Wildman–Crippen LogP) is 3.86. The summed E-state index contributed by atoms with van der Waals surface area (Å²) in [6, 6.07) is 15.4. The highest BCUT2D eigenvalue weighted by Gasteiger charge is 2.34. The van der Waals surface area contributed by atoms with E-state index in [1.54, 1.807) is 18.2 Å². The van der Waals surface area contributed by atoms with Crippen molar-refractivity contribution in [1.82, 2.24) is 15.5 Å². The molecule has 35 heavy (non-hydrogen) atoms. The van der Waals surface area contributed by atoms with E-state index in [0.717, 1.165) is 31.2 Å². The molecule has 3 aromatic rings. The van der Waals surface area contributed by atoms with Gasteiger partial charge in [0, 0.05) is 12.6 Å². The molecular formula is C27H31N3O5. The van der Waals surface area contributed by atoms with Gasteiger partial charge in [0.25, 0.3) is 11.8 Å². The quantitative estimate of drug-likeness (QED) is 0.461. The molecule has 0 unspecified atom stereocenters. The van der Waals surface area contributed by atoms with Gasteiger partial charge in [0.2, 0.25) is 5.91 Å². The molecule has 0 bridgehead atoms. The average Bonchev–Trinajstić information content (AvgIpc) is 3.61. The summed E-state index contributed by atoms with van der Waals surface area (Å²) in [6.45, 7) is 0.00512. The van der Waals surface area contributed by atoms with Crippen molar-refractivity contribution in [2.24, 2.45) is 0 Å². The minimum Gasteiger partial charge on any atom is -0.467 e. The van der Waals surface area contributed by atoms with Crippen LogP contribution in [0.4, 0.5) is 0 Å². The van der Waals surface area contributed by atoms with Crippen LogP contribution in [0.1, 0.15) is 60.0 Å². The van der Waals surface area contributed by atoms with Crippen LogP contribution >= 0.6 is 0 Å². The van der Waals surface area contributed by atoms with Gasteiger partial charge in [-0.05, 0) is 49.1 Å². The number of hydrogen-bond donors (Lipinski definition) is 2. The van der Waals surface area contributed by atoms with Crippen molar-refractivity contribution in [3.05, 3.63) is 84.2 Å². The molecule has 1 fully saturated rings. The van der Waals surface area contributed by atoms with E-state index in [9.17, 15) is 14.4 Å². The largest absolute Gasteiger partial charge is 0.467 e. The molecule has 0 spiro atoms. The fraction of sp³-hybridized carbons (Fsp3) is 0.370. The van der Waals surface area contributed by atoms with Gasteiger partial charge in [-0.2, -0.15) is 0 Å². The summed E-state index contributed by atoms with van der Waals surface area (Å²) >= 11 is 0. The SMILES string of the molecule is O=C(NCC(=O)N(CCc1ccccc1)[C@H](C(=O)NC1CCCCC1)c1ccco1)c1ccco1. The van der Waals surface area contributed by atoms with Crippen molar-refractivity contribution in [3.63, 3.8) is 0 Å². The molecule has 2 heterocycles. The first-order valence-corrected chi connectivity index (χ1v) is 12.1. The minimum absolute atomic E-state index is 0.0819. The molecular weight excluding hydrogens is 446 g/mol. The molecule has 4 rings (SSSR count). The smallest absolute Gasteiger partial charge is 0.287 e. The molecule has 1 atom stereocenters. The van der Waals surface area contributed by atoms with Crippen LogP contribution in [0.5, 0.6) is 0 Å². The summed E-state index contributed by atoms with van der Waals surface area (Å²) in [5, 5.41) is 5.73. The molecule has 0 saturated heterocycles. The van der Waals surface area contributed by atoms with Crippen LogP contribution in [0.25, 0.3) is 0 Å². The predicted molar refractivity (Wildman–Crippen MR) is 129 cm³/mol. The van der Waals surface area contributed by atoms with Crippen molar-refractivity contribution in [3.8, 4) is 0 Å². The second-order valence-electron chi connectivity index (χ2n) is 8.74. The van der Waals surface area contributed by atoms with Gasteiger partial charge in [-0.15, -0.1) is 0 Å². The van der Waals surface area contributed by atoms with Crippen LogP contribution in [0.15, 0.2) is 76.0 Å². The number of amides is 3. The van der Waals surface area contributed by atoms with E-state index in [2.05, 4.69) is 10.6 Å². The molecule has 2 N–H and O–H groups in total. The zero-order valence-corrected chi connectivity index (χ0v) is 19.7. The monoisotopic (exact) mass is 477 g/mol. The Morgan fingerprint density at radius 1 is 0.914 bits per heavy atom. The number of furan rings is 2. The fourth-order valence-corrected chi connectivity index (χ4v) is 4.44. The maximum Gasteiger partial charge on any atom is 0.287 e. The number of rotatable bonds is 10. The van der Waals surface area contributed by atoms with Crippen LogP contribution in [0.2, 0.25) is 0 Å². The van der Waals surface area contributed by atoms with Gasteiger partial charge in [-0.25, -0.2) is 0 Å². The zero-order chi connectivity index (χ0) is 24.5. The summed E-state index contributed by atoms with van der Waals surface area (Å²) in [6.07, 6.45) is 8.61. The fourth-order valence-electron chi connectivity index (χ4n) is 4.44. The molecule has 1 aromatic carbocycles. The molecule has 184 valence electrons. The third-order valence-corrected chi connectivity index (χ3v) is 6.27. The van der Waals surface area contributed by atoms with E-state index in [0.29, 0.717) is 12.2 Å². The molecule has 0 radical (unpaired) electrons. The summed E-state index contributed by atoms with van der Waals surface area (Å²) in [5.74, 6) is -0.650. The Balaban J connectivity index is 1.54. The topological polar surface area (TPSA) is 105 Å². The van der Waals surface area contributed by atoms with Crippen molar-refractivity contribution in [1.29, 1.82) is 0 Å². The molecule has 0 aliphatic heterocycles. The highest BCUT2D eigenvalue weighted by molar-refractivity contribution is 5.95. The molecule has 1 aliphatic carbocycles. The van der Waals surface area contributed by atoms with E-state index in [4.69, 9.17) is 8.83 Å². The second kappa shape index (κ2) is 12.1. The molecule has 1 aliphatic rings. The summed E-state index contributed by atoms with van der Waals surface area (Å²) in [7, 11) is 0. The van der Waals surface area contributed by atoms with Crippen molar-refractivity contribution in [2.75, 3.05) is 13.1 Å². The van der Waals surface area contributed by atoms with Gasteiger partial charge in [0.1, 0.15) is 5.76 Å². The van der Waals surface area contributed by atoms with Crippen molar-refractivity contribution in [2.45, 2.75) is 50.6 Å². The lowest BCUT2D eigenvalue weighted by atomic mass is 9.95. The number of nitrogens with zero attached hydrogens (tertiary/aromatic N) is 1. The molecule has 8 nitrogen and oxygen atoms in total. The number of hydrogen-bond acceptors (Lipinski definition) is 5. The van der Waals surface area contributed by atoms with E-state index >= 15 is 0 Å². The van der Waals surface area contributed by atoms with Crippen LogP contribution < -0.4 is 10.6 Å². The second-order valence-corrected chi connectivity index (χ2v) is 8.74. The van der Waals surface area contributed by atoms with Crippen molar-refractivity contribution < 1.29 is 23.2 Å². The third kappa shape index (κ3) is 6.62. The number of carbonyl (C=O) groups excluding carboxylic acids is 3. The first-order chi connectivity index (χ1) is 17.1. The molecule has 8 heteroatoms. The third-order valence-electron chi connectivity index (χ3n) is 6.27.